The molecule has 8 heteroatoms. The molecule has 7 nitrogen and oxygen atoms in total. The number of nitro groups is 1. The lowest BCUT2D eigenvalue weighted by atomic mass is 10.2. The van der Waals surface area contributed by atoms with Gasteiger partial charge in [0.1, 0.15) is 0 Å². The number of likely N-dealkylation sites (N-methyl/N-ethyl adjacent to an activating group) is 1. The van der Waals surface area contributed by atoms with Crippen LogP contribution in [0.15, 0.2) is 34.6 Å². The quantitative estimate of drug-likeness (QED) is 0.671. The summed E-state index contributed by atoms with van der Waals surface area (Å²) in [5.41, 5.74) is -1.36. The van der Waals surface area contributed by atoms with Crippen molar-refractivity contribution in [1.82, 2.24) is 9.88 Å². The number of hydrogen-bond donors (Lipinski definition) is 1. The maximum atomic E-state index is 12.2. The summed E-state index contributed by atoms with van der Waals surface area (Å²) in [6, 6.07) is 4.92. The molecule has 2 heterocycles. The third-order valence-electron chi connectivity index (χ3n) is 2.95. The molecule has 1 amide bonds. The highest BCUT2D eigenvalue weighted by molar-refractivity contribution is 7.09. The molecule has 0 radical (unpaired) electrons. The summed E-state index contributed by atoms with van der Waals surface area (Å²) >= 11 is 1.61. The van der Waals surface area contributed by atoms with E-state index in [0.717, 1.165) is 10.9 Å². The summed E-state index contributed by atoms with van der Waals surface area (Å²) in [5, 5.41) is 12.7. The van der Waals surface area contributed by atoms with Crippen molar-refractivity contribution in [2.45, 2.75) is 6.42 Å². The summed E-state index contributed by atoms with van der Waals surface area (Å²) in [7, 11) is 1.62. The number of thiophene rings is 1. The van der Waals surface area contributed by atoms with Crippen LogP contribution in [0, 0.1) is 10.1 Å². The first-order valence-electron chi connectivity index (χ1n) is 6.14. The van der Waals surface area contributed by atoms with Gasteiger partial charge in [-0.3, -0.25) is 19.7 Å². The molecule has 0 aliphatic rings. The van der Waals surface area contributed by atoms with Gasteiger partial charge in [-0.15, -0.1) is 11.3 Å². The first-order chi connectivity index (χ1) is 9.99. The predicted octanol–water partition coefficient (Wildman–Crippen LogP) is 1.66. The second-order valence-corrected chi connectivity index (χ2v) is 5.45. The summed E-state index contributed by atoms with van der Waals surface area (Å²) in [5.74, 6) is -0.370. The smallest absolute Gasteiger partial charge is 0.334 e. The molecule has 0 fully saturated rings. The molecular formula is C13H13N3O4S. The summed E-state index contributed by atoms with van der Waals surface area (Å²) in [6.45, 7) is 0.492. The number of H-pyrrole nitrogens is 1. The van der Waals surface area contributed by atoms with Crippen molar-refractivity contribution < 1.29 is 9.72 Å². The second kappa shape index (κ2) is 6.31. The number of pyridine rings is 1. The van der Waals surface area contributed by atoms with Crippen LogP contribution in [0.3, 0.4) is 0 Å². The molecule has 0 spiro atoms. The van der Waals surface area contributed by atoms with Crippen molar-refractivity contribution in [1.29, 1.82) is 0 Å². The van der Waals surface area contributed by atoms with E-state index in [1.807, 2.05) is 17.5 Å². The Labute approximate surface area is 124 Å². The van der Waals surface area contributed by atoms with Crippen molar-refractivity contribution in [2.75, 3.05) is 13.6 Å². The maximum absolute atomic E-state index is 12.2. The Hall–Kier alpha value is -2.48. The number of rotatable bonds is 5. The van der Waals surface area contributed by atoms with Crippen LogP contribution in [0.2, 0.25) is 0 Å². The van der Waals surface area contributed by atoms with E-state index >= 15 is 0 Å². The van der Waals surface area contributed by atoms with E-state index in [1.54, 1.807) is 18.4 Å². The number of carbonyl (C=O) groups is 1. The molecule has 110 valence electrons. The Morgan fingerprint density at radius 1 is 1.52 bits per heavy atom. The minimum absolute atomic E-state index is 0.0926. The van der Waals surface area contributed by atoms with E-state index in [-0.39, 0.29) is 11.5 Å². The normalized spacial score (nSPS) is 10.3. The molecule has 2 aromatic heterocycles. The van der Waals surface area contributed by atoms with Crippen LogP contribution in [-0.4, -0.2) is 34.3 Å². The van der Waals surface area contributed by atoms with Crippen molar-refractivity contribution in [3.63, 3.8) is 0 Å². The van der Waals surface area contributed by atoms with E-state index in [2.05, 4.69) is 4.98 Å². The van der Waals surface area contributed by atoms with Crippen molar-refractivity contribution >= 4 is 22.9 Å². The van der Waals surface area contributed by atoms with Crippen molar-refractivity contribution in [2.24, 2.45) is 0 Å². The fourth-order valence-corrected chi connectivity index (χ4v) is 2.48. The molecule has 0 atom stereocenters. The topological polar surface area (TPSA) is 96.3 Å². The SMILES string of the molecule is CN(CCc1cccs1)C(=O)c1c[nH]c(=O)c([N+](=O)[O-])c1. The predicted molar refractivity (Wildman–Crippen MR) is 78.7 cm³/mol. The summed E-state index contributed by atoms with van der Waals surface area (Å²) in [6.07, 6.45) is 1.91. The van der Waals surface area contributed by atoms with Gasteiger partial charge in [0.2, 0.25) is 0 Å². The number of aromatic amines is 1. The summed E-state index contributed by atoms with van der Waals surface area (Å²) < 4.78 is 0. The highest BCUT2D eigenvalue weighted by Gasteiger charge is 2.18. The zero-order valence-corrected chi connectivity index (χ0v) is 12.1. The van der Waals surface area contributed by atoms with Crippen LogP contribution in [-0.2, 0) is 6.42 Å². The van der Waals surface area contributed by atoms with Gasteiger partial charge in [0.05, 0.1) is 10.5 Å². The number of amides is 1. The number of aromatic nitrogens is 1. The molecule has 0 bridgehead atoms. The molecular weight excluding hydrogens is 294 g/mol. The Bertz CT molecular complexity index is 708. The zero-order chi connectivity index (χ0) is 15.4. The number of nitrogens with one attached hydrogen (secondary N) is 1. The lowest BCUT2D eigenvalue weighted by Crippen LogP contribution is -2.29. The first kappa shape index (κ1) is 14.9. The third-order valence-corrected chi connectivity index (χ3v) is 3.88. The number of carbonyl (C=O) groups excluding carboxylic acids is 1. The minimum atomic E-state index is -0.821. The number of nitrogens with zero attached hydrogens (tertiary/aromatic N) is 2. The Kier molecular flexibility index (Phi) is 4.49. The standard InChI is InChI=1S/C13H13N3O4S/c1-15(5-4-10-3-2-6-21-10)13(18)9-7-11(16(19)20)12(17)14-8-9/h2-3,6-8H,4-5H2,1H3,(H,14,17). The van der Waals surface area contributed by atoms with Crippen LogP contribution in [0.5, 0.6) is 0 Å². The average Bonchev–Trinajstić information content (AvgIpc) is 2.97. The lowest BCUT2D eigenvalue weighted by molar-refractivity contribution is -0.386. The highest BCUT2D eigenvalue weighted by Crippen LogP contribution is 2.12. The molecule has 2 aromatic rings. The lowest BCUT2D eigenvalue weighted by Gasteiger charge is -2.16. The van der Waals surface area contributed by atoms with E-state index in [4.69, 9.17) is 0 Å². The van der Waals surface area contributed by atoms with Crippen LogP contribution in [0.4, 0.5) is 5.69 Å². The van der Waals surface area contributed by atoms with Gasteiger partial charge in [0.15, 0.2) is 0 Å². The summed E-state index contributed by atoms with van der Waals surface area (Å²) in [4.78, 5) is 38.2. The van der Waals surface area contributed by atoms with Gasteiger partial charge in [-0.2, -0.15) is 0 Å². The minimum Gasteiger partial charge on any atom is -0.341 e. The molecule has 1 N–H and O–H groups in total. The molecule has 0 aromatic carbocycles. The van der Waals surface area contributed by atoms with Gasteiger partial charge >= 0.3 is 11.2 Å². The van der Waals surface area contributed by atoms with Crippen LogP contribution >= 0.6 is 11.3 Å². The number of hydrogen-bond acceptors (Lipinski definition) is 5. The van der Waals surface area contributed by atoms with Crippen molar-refractivity contribution in [3.05, 3.63) is 60.7 Å². The van der Waals surface area contributed by atoms with Gasteiger partial charge in [-0.1, -0.05) is 6.07 Å². The molecule has 0 saturated carbocycles. The monoisotopic (exact) mass is 307 g/mol. The van der Waals surface area contributed by atoms with E-state index in [0.29, 0.717) is 13.0 Å². The van der Waals surface area contributed by atoms with Gasteiger partial charge in [0.25, 0.3) is 5.91 Å². The molecule has 0 aliphatic heterocycles. The highest BCUT2D eigenvalue weighted by atomic mass is 32.1. The molecule has 0 saturated heterocycles. The van der Waals surface area contributed by atoms with Crippen molar-refractivity contribution in [3.8, 4) is 0 Å². The molecule has 0 aliphatic carbocycles. The maximum Gasteiger partial charge on any atom is 0.334 e. The third kappa shape index (κ3) is 3.54. The van der Waals surface area contributed by atoms with E-state index in [1.165, 1.54) is 11.1 Å². The fraction of sp³-hybridized carbons (Fsp3) is 0.231. The van der Waals surface area contributed by atoms with E-state index < -0.39 is 16.2 Å². The molecule has 21 heavy (non-hydrogen) atoms. The van der Waals surface area contributed by atoms with Gasteiger partial charge in [0, 0.05) is 30.7 Å². The van der Waals surface area contributed by atoms with Gasteiger partial charge in [-0.25, -0.2) is 0 Å². The van der Waals surface area contributed by atoms with Gasteiger partial charge in [-0.05, 0) is 17.9 Å². The Morgan fingerprint density at radius 2 is 2.29 bits per heavy atom. The molecule has 0 unspecified atom stereocenters. The van der Waals surface area contributed by atoms with Crippen LogP contribution in [0.1, 0.15) is 15.2 Å². The fourth-order valence-electron chi connectivity index (χ4n) is 1.79. The zero-order valence-electron chi connectivity index (χ0n) is 11.2. The second-order valence-electron chi connectivity index (χ2n) is 4.42. The van der Waals surface area contributed by atoms with E-state index in [9.17, 15) is 19.7 Å². The Balaban J connectivity index is 2.10. The largest absolute Gasteiger partial charge is 0.341 e. The van der Waals surface area contributed by atoms with Crippen LogP contribution in [0.25, 0.3) is 0 Å². The molecule has 2 rings (SSSR count). The van der Waals surface area contributed by atoms with Crippen LogP contribution < -0.4 is 5.56 Å². The Morgan fingerprint density at radius 3 is 2.90 bits per heavy atom. The average molecular weight is 307 g/mol. The first-order valence-corrected chi connectivity index (χ1v) is 7.02. The van der Waals surface area contributed by atoms with Gasteiger partial charge < -0.3 is 9.88 Å².